The summed E-state index contributed by atoms with van der Waals surface area (Å²) in [4.78, 5) is 43.0. The number of imide groups is 1. The summed E-state index contributed by atoms with van der Waals surface area (Å²) in [6.45, 7) is 0.757. The molecule has 0 aliphatic carbocycles. The van der Waals surface area contributed by atoms with Crippen LogP contribution in [0.25, 0.3) is 0 Å². The number of carbonyl (C=O) groups is 3. The van der Waals surface area contributed by atoms with Crippen molar-refractivity contribution >= 4 is 29.1 Å². The first-order valence-corrected chi connectivity index (χ1v) is 8.59. The molecule has 7 nitrogen and oxygen atoms in total. The highest BCUT2D eigenvalue weighted by molar-refractivity contribution is 7.07. The molecule has 3 amide bonds. The monoisotopic (exact) mass is 359 g/mol. The number of benzene rings is 1. The van der Waals surface area contributed by atoms with Crippen molar-refractivity contribution in [2.75, 3.05) is 20.3 Å². The molecular formula is C17H17N3O4S. The Kier molecular flexibility index (Phi) is 4.91. The van der Waals surface area contributed by atoms with Gasteiger partial charge in [-0.3, -0.25) is 19.3 Å². The number of aryl methyl sites for hydroxylation is 1. The summed E-state index contributed by atoms with van der Waals surface area (Å²) in [5.41, 5.74) is 0.853. The molecule has 0 fully saturated rings. The predicted molar refractivity (Wildman–Crippen MR) is 91.5 cm³/mol. The Morgan fingerprint density at radius 1 is 1.24 bits per heavy atom. The third-order valence-electron chi connectivity index (χ3n) is 3.90. The standard InChI is InChI=1S/C17H17N3O4S/c1-19-7-9-25-17(19)18-14(21)11-4-5-12-13(10-11)16(23)20(15(12)22)6-3-8-24-2/h4-5,7,9-10H,3,6,8H2,1-2H3. The highest BCUT2D eigenvalue weighted by Gasteiger charge is 2.35. The van der Waals surface area contributed by atoms with E-state index in [1.807, 2.05) is 5.38 Å². The zero-order valence-electron chi connectivity index (χ0n) is 13.9. The van der Waals surface area contributed by atoms with E-state index in [2.05, 4.69) is 4.99 Å². The van der Waals surface area contributed by atoms with Crippen molar-refractivity contribution in [3.8, 4) is 0 Å². The van der Waals surface area contributed by atoms with Gasteiger partial charge < -0.3 is 9.30 Å². The molecule has 1 aliphatic heterocycles. The van der Waals surface area contributed by atoms with Crippen molar-refractivity contribution in [3.63, 3.8) is 0 Å². The third kappa shape index (κ3) is 3.31. The van der Waals surface area contributed by atoms with Crippen molar-refractivity contribution in [1.82, 2.24) is 9.47 Å². The predicted octanol–water partition coefficient (Wildman–Crippen LogP) is 1.46. The Labute approximate surface area is 148 Å². The molecule has 1 aromatic carbocycles. The Hall–Kier alpha value is -2.58. The topological polar surface area (TPSA) is 81.0 Å². The molecule has 1 aromatic heterocycles. The average Bonchev–Trinajstić information content (AvgIpc) is 3.11. The maximum atomic E-state index is 12.5. The molecule has 2 heterocycles. The van der Waals surface area contributed by atoms with Crippen molar-refractivity contribution in [1.29, 1.82) is 0 Å². The molecule has 0 spiro atoms. The van der Waals surface area contributed by atoms with E-state index in [1.54, 1.807) is 24.9 Å². The summed E-state index contributed by atoms with van der Waals surface area (Å²) < 4.78 is 6.69. The second-order valence-electron chi connectivity index (χ2n) is 5.58. The molecule has 25 heavy (non-hydrogen) atoms. The SMILES string of the molecule is COCCCN1C(=O)c2ccc(C(=O)N=c3sccn3C)cc2C1=O. The summed E-state index contributed by atoms with van der Waals surface area (Å²) in [5.74, 6) is -1.16. The van der Waals surface area contributed by atoms with Crippen LogP contribution in [0.4, 0.5) is 0 Å². The minimum absolute atomic E-state index is 0.249. The number of ether oxygens (including phenoxy) is 1. The Morgan fingerprint density at radius 3 is 2.68 bits per heavy atom. The molecule has 1 aliphatic rings. The van der Waals surface area contributed by atoms with Crippen LogP contribution in [0.5, 0.6) is 0 Å². The third-order valence-corrected chi connectivity index (χ3v) is 4.75. The summed E-state index contributed by atoms with van der Waals surface area (Å²) in [6.07, 6.45) is 2.37. The highest BCUT2D eigenvalue weighted by atomic mass is 32.1. The fourth-order valence-corrected chi connectivity index (χ4v) is 3.31. The van der Waals surface area contributed by atoms with Gasteiger partial charge in [0.05, 0.1) is 11.1 Å². The number of thiazole rings is 1. The molecule has 3 rings (SSSR count). The average molecular weight is 359 g/mol. The van der Waals surface area contributed by atoms with Crippen molar-refractivity contribution in [2.24, 2.45) is 12.0 Å². The van der Waals surface area contributed by atoms with Crippen LogP contribution in [0.3, 0.4) is 0 Å². The van der Waals surface area contributed by atoms with Crippen LogP contribution in [-0.4, -0.2) is 47.4 Å². The zero-order chi connectivity index (χ0) is 18.0. The van der Waals surface area contributed by atoms with Gasteiger partial charge in [0, 0.05) is 44.4 Å². The van der Waals surface area contributed by atoms with E-state index in [4.69, 9.17) is 4.74 Å². The van der Waals surface area contributed by atoms with Crippen LogP contribution in [0.15, 0.2) is 34.8 Å². The van der Waals surface area contributed by atoms with Crippen molar-refractivity contribution in [2.45, 2.75) is 6.42 Å². The van der Waals surface area contributed by atoms with Gasteiger partial charge >= 0.3 is 0 Å². The lowest BCUT2D eigenvalue weighted by Crippen LogP contribution is -2.31. The van der Waals surface area contributed by atoms with Crippen LogP contribution in [0.2, 0.25) is 0 Å². The van der Waals surface area contributed by atoms with Gasteiger partial charge in [0.25, 0.3) is 17.7 Å². The van der Waals surface area contributed by atoms with Gasteiger partial charge in [-0.1, -0.05) is 0 Å². The van der Waals surface area contributed by atoms with Crippen LogP contribution < -0.4 is 4.80 Å². The van der Waals surface area contributed by atoms with E-state index in [1.165, 1.54) is 34.4 Å². The summed E-state index contributed by atoms with van der Waals surface area (Å²) in [6, 6.07) is 4.50. The van der Waals surface area contributed by atoms with Crippen LogP contribution in [-0.2, 0) is 11.8 Å². The lowest BCUT2D eigenvalue weighted by Gasteiger charge is -2.12. The maximum Gasteiger partial charge on any atom is 0.279 e. The molecular weight excluding hydrogens is 342 g/mol. The van der Waals surface area contributed by atoms with E-state index in [0.717, 1.165) is 0 Å². The number of hydrogen-bond donors (Lipinski definition) is 0. The smallest absolute Gasteiger partial charge is 0.279 e. The van der Waals surface area contributed by atoms with E-state index in [-0.39, 0.29) is 22.9 Å². The minimum Gasteiger partial charge on any atom is -0.385 e. The maximum absolute atomic E-state index is 12.5. The van der Waals surface area contributed by atoms with Crippen molar-refractivity contribution < 1.29 is 19.1 Å². The van der Waals surface area contributed by atoms with Crippen LogP contribution in [0.1, 0.15) is 37.5 Å². The van der Waals surface area contributed by atoms with Gasteiger partial charge in [-0.2, -0.15) is 4.99 Å². The van der Waals surface area contributed by atoms with Gasteiger partial charge in [-0.25, -0.2) is 0 Å². The number of carbonyl (C=O) groups excluding carboxylic acids is 3. The normalized spacial score (nSPS) is 14.3. The van der Waals surface area contributed by atoms with E-state index in [9.17, 15) is 14.4 Å². The zero-order valence-corrected chi connectivity index (χ0v) is 14.7. The van der Waals surface area contributed by atoms with E-state index < -0.39 is 5.91 Å². The van der Waals surface area contributed by atoms with E-state index >= 15 is 0 Å². The number of methoxy groups -OCH3 is 1. The lowest BCUT2D eigenvalue weighted by molar-refractivity contribution is 0.0638. The summed E-state index contributed by atoms with van der Waals surface area (Å²) >= 11 is 1.34. The number of nitrogens with zero attached hydrogens (tertiary/aromatic N) is 3. The number of amides is 3. The molecule has 130 valence electrons. The summed E-state index contributed by atoms with van der Waals surface area (Å²) in [5, 5.41) is 1.83. The first kappa shape index (κ1) is 17.2. The molecule has 0 bridgehead atoms. The largest absolute Gasteiger partial charge is 0.385 e. The Morgan fingerprint density at radius 2 is 2.00 bits per heavy atom. The summed E-state index contributed by atoms with van der Waals surface area (Å²) in [7, 11) is 3.36. The fourth-order valence-electron chi connectivity index (χ4n) is 2.58. The molecule has 0 atom stereocenters. The Bertz CT molecular complexity index is 913. The second-order valence-corrected chi connectivity index (χ2v) is 6.46. The molecule has 2 aromatic rings. The van der Waals surface area contributed by atoms with Crippen LogP contribution >= 0.6 is 11.3 Å². The number of aromatic nitrogens is 1. The number of fused-ring (bicyclic) bond motifs is 1. The number of hydrogen-bond acceptors (Lipinski definition) is 5. The second kappa shape index (κ2) is 7.12. The fraction of sp³-hybridized carbons (Fsp3) is 0.294. The van der Waals surface area contributed by atoms with E-state index in [0.29, 0.717) is 29.9 Å². The quantitative estimate of drug-likeness (QED) is 0.598. The molecule has 0 saturated carbocycles. The minimum atomic E-state index is -0.445. The Balaban J connectivity index is 1.87. The van der Waals surface area contributed by atoms with Gasteiger partial charge in [-0.15, -0.1) is 11.3 Å². The van der Waals surface area contributed by atoms with Gasteiger partial charge in [0.1, 0.15) is 0 Å². The van der Waals surface area contributed by atoms with Gasteiger partial charge in [-0.05, 0) is 24.6 Å². The van der Waals surface area contributed by atoms with Gasteiger partial charge in [0.15, 0.2) is 4.80 Å². The number of rotatable bonds is 5. The molecule has 0 N–H and O–H groups in total. The van der Waals surface area contributed by atoms with Gasteiger partial charge in [0.2, 0.25) is 0 Å². The highest BCUT2D eigenvalue weighted by Crippen LogP contribution is 2.24. The first-order valence-electron chi connectivity index (χ1n) is 7.71. The molecule has 8 heteroatoms. The molecule has 0 saturated heterocycles. The first-order chi connectivity index (χ1) is 12.0. The molecule has 0 unspecified atom stereocenters. The molecule has 0 radical (unpaired) electrons. The van der Waals surface area contributed by atoms with Crippen molar-refractivity contribution in [3.05, 3.63) is 51.3 Å². The lowest BCUT2D eigenvalue weighted by atomic mass is 10.1. The van der Waals surface area contributed by atoms with Crippen LogP contribution in [0, 0.1) is 0 Å².